The fourth-order valence-corrected chi connectivity index (χ4v) is 3.73. The van der Waals surface area contributed by atoms with Gasteiger partial charge in [0.2, 0.25) is 0 Å². The maximum Gasteiger partial charge on any atom is 0.416 e. The Balaban J connectivity index is 2.06. The Kier molecular flexibility index (Phi) is 5.14. The average Bonchev–Trinajstić information content (AvgIpc) is 2.59. The Bertz CT molecular complexity index is 859. The molecule has 27 heavy (non-hydrogen) atoms. The van der Waals surface area contributed by atoms with Gasteiger partial charge in [-0.15, -0.1) is 0 Å². The van der Waals surface area contributed by atoms with Crippen molar-refractivity contribution in [2.45, 2.75) is 45.1 Å². The maximum absolute atomic E-state index is 12.8. The van der Waals surface area contributed by atoms with Gasteiger partial charge in [0, 0.05) is 23.0 Å². The van der Waals surface area contributed by atoms with Gasteiger partial charge >= 0.3 is 6.18 Å². The van der Waals surface area contributed by atoms with Gasteiger partial charge in [0.25, 0.3) is 0 Å². The second-order valence-electron chi connectivity index (χ2n) is 7.31. The fourth-order valence-electron chi connectivity index (χ4n) is 3.73. The predicted octanol–water partition coefficient (Wildman–Crippen LogP) is 4.83. The smallest absolute Gasteiger partial charge is 0.388 e. The SMILES string of the molecule is C=C(C)c1c([C@H](O)c2ccc(C(F)(F)F)cc2)cnc2c1[C@@H](O)CC(C)C2. The number of benzene rings is 1. The lowest BCUT2D eigenvalue weighted by atomic mass is 9.80. The van der Waals surface area contributed by atoms with Crippen LogP contribution in [0.3, 0.4) is 0 Å². The summed E-state index contributed by atoms with van der Waals surface area (Å²) in [6, 6.07) is 4.41. The van der Waals surface area contributed by atoms with E-state index in [0.29, 0.717) is 40.2 Å². The number of pyridine rings is 1. The normalized spacial score (nSPS) is 20.9. The van der Waals surface area contributed by atoms with Crippen molar-refractivity contribution in [1.82, 2.24) is 4.98 Å². The molecule has 2 N–H and O–H groups in total. The molecule has 1 unspecified atom stereocenters. The minimum atomic E-state index is -4.43. The molecule has 1 aliphatic carbocycles. The first kappa shape index (κ1) is 19.6. The monoisotopic (exact) mass is 377 g/mol. The Morgan fingerprint density at radius 2 is 1.89 bits per heavy atom. The second-order valence-corrected chi connectivity index (χ2v) is 7.31. The highest BCUT2D eigenvalue weighted by Crippen LogP contribution is 2.40. The van der Waals surface area contributed by atoms with Crippen molar-refractivity contribution < 1.29 is 23.4 Å². The van der Waals surface area contributed by atoms with Gasteiger partial charge in [-0.1, -0.05) is 31.2 Å². The molecule has 3 rings (SSSR count). The number of aromatic nitrogens is 1. The summed E-state index contributed by atoms with van der Waals surface area (Å²) in [6.45, 7) is 7.79. The van der Waals surface area contributed by atoms with Crippen LogP contribution in [0.25, 0.3) is 5.57 Å². The quantitative estimate of drug-likeness (QED) is 0.805. The molecule has 0 bridgehead atoms. The Hall–Kier alpha value is -2.18. The van der Waals surface area contributed by atoms with E-state index in [4.69, 9.17) is 0 Å². The first-order valence-electron chi connectivity index (χ1n) is 8.80. The van der Waals surface area contributed by atoms with Crippen molar-refractivity contribution in [3.05, 3.63) is 70.6 Å². The number of aliphatic hydroxyl groups is 2. The van der Waals surface area contributed by atoms with Gasteiger partial charge in [-0.2, -0.15) is 13.2 Å². The van der Waals surface area contributed by atoms with E-state index in [-0.39, 0.29) is 0 Å². The van der Waals surface area contributed by atoms with Crippen LogP contribution in [0.1, 0.15) is 66.0 Å². The Morgan fingerprint density at radius 3 is 2.44 bits per heavy atom. The van der Waals surface area contributed by atoms with Crippen molar-refractivity contribution in [2.75, 3.05) is 0 Å². The number of hydrogen-bond donors (Lipinski definition) is 2. The number of nitrogens with zero attached hydrogens (tertiary/aromatic N) is 1. The van der Waals surface area contributed by atoms with Crippen molar-refractivity contribution in [3.8, 4) is 0 Å². The molecule has 1 heterocycles. The molecule has 1 aromatic heterocycles. The van der Waals surface area contributed by atoms with Crippen LogP contribution in [0, 0.1) is 5.92 Å². The summed E-state index contributed by atoms with van der Waals surface area (Å²) in [5.74, 6) is 0.295. The molecular formula is C21H22F3NO2. The second kappa shape index (κ2) is 7.09. The van der Waals surface area contributed by atoms with E-state index in [1.165, 1.54) is 18.3 Å². The largest absolute Gasteiger partial charge is 0.416 e. The third-order valence-electron chi connectivity index (χ3n) is 5.00. The molecule has 1 aliphatic rings. The van der Waals surface area contributed by atoms with Crippen LogP contribution in [0.15, 0.2) is 37.0 Å². The van der Waals surface area contributed by atoms with Crippen LogP contribution < -0.4 is 0 Å². The zero-order chi connectivity index (χ0) is 19.9. The number of rotatable bonds is 3. The van der Waals surface area contributed by atoms with Crippen LogP contribution >= 0.6 is 0 Å². The molecule has 1 aromatic carbocycles. The van der Waals surface area contributed by atoms with E-state index in [9.17, 15) is 23.4 Å². The average molecular weight is 377 g/mol. The zero-order valence-electron chi connectivity index (χ0n) is 15.2. The number of hydrogen-bond acceptors (Lipinski definition) is 3. The Morgan fingerprint density at radius 1 is 1.26 bits per heavy atom. The van der Waals surface area contributed by atoms with Gasteiger partial charge in [0.05, 0.1) is 11.7 Å². The summed E-state index contributed by atoms with van der Waals surface area (Å²) in [5.41, 5.74) is 2.76. The van der Waals surface area contributed by atoms with Gasteiger partial charge in [0.15, 0.2) is 0 Å². The van der Waals surface area contributed by atoms with Gasteiger partial charge in [-0.3, -0.25) is 4.98 Å². The van der Waals surface area contributed by atoms with Crippen molar-refractivity contribution in [3.63, 3.8) is 0 Å². The summed E-state index contributed by atoms with van der Waals surface area (Å²) in [6.07, 6.45) is -3.44. The van der Waals surface area contributed by atoms with Crippen LogP contribution in [-0.2, 0) is 12.6 Å². The standard InChI is InChI=1S/C21H22F3NO2/c1-11(2)18-15(10-25-16-8-12(3)9-17(26)19(16)18)20(27)13-4-6-14(7-5-13)21(22,23)24/h4-7,10,12,17,20,26-27H,1,8-9H2,2-3H3/t12?,17-,20+/m0/s1. The summed E-state index contributed by atoms with van der Waals surface area (Å²) in [4.78, 5) is 4.43. The van der Waals surface area contributed by atoms with Gasteiger partial charge < -0.3 is 10.2 Å². The van der Waals surface area contributed by atoms with Crippen LogP contribution in [0.5, 0.6) is 0 Å². The molecule has 0 saturated heterocycles. The molecule has 2 aromatic rings. The third kappa shape index (κ3) is 3.77. The first-order valence-corrected chi connectivity index (χ1v) is 8.80. The van der Waals surface area contributed by atoms with E-state index in [1.54, 1.807) is 6.92 Å². The topological polar surface area (TPSA) is 53.4 Å². The van der Waals surface area contributed by atoms with E-state index in [0.717, 1.165) is 24.2 Å². The molecule has 0 amide bonds. The minimum absolute atomic E-state index is 0.295. The van der Waals surface area contributed by atoms with E-state index in [2.05, 4.69) is 11.6 Å². The minimum Gasteiger partial charge on any atom is -0.388 e. The van der Waals surface area contributed by atoms with Gasteiger partial charge in [0.1, 0.15) is 6.10 Å². The predicted molar refractivity (Wildman–Crippen MR) is 96.9 cm³/mol. The highest BCUT2D eigenvalue weighted by atomic mass is 19.4. The van der Waals surface area contributed by atoms with Crippen molar-refractivity contribution in [2.24, 2.45) is 5.92 Å². The summed E-state index contributed by atoms with van der Waals surface area (Å²) >= 11 is 0. The highest BCUT2D eigenvalue weighted by Gasteiger charge is 2.32. The van der Waals surface area contributed by atoms with Gasteiger partial charge in [-0.05, 0) is 48.9 Å². The van der Waals surface area contributed by atoms with Gasteiger partial charge in [-0.25, -0.2) is 0 Å². The lowest BCUT2D eigenvalue weighted by Gasteiger charge is -2.30. The molecule has 0 spiro atoms. The van der Waals surface area contributed by atoms with Crippen molar-refractivity contribution in [1.29, 1.82) is 0 Å². The molecule has 3 atom stereocenters. The van der Waals surface area contributed by atoms with E-state index >= 15 is 0 Å². The lowest BCUT2D eigenvalue weighted by molar-refractivity contribution is -0.137. The number of allylic oxidation sites excluding steroid dienone is 1. The third-order valence-corrected chi connectivity index (χ3v) is 5.00. The highest BCUT2D eigenvalue weighted by molar-refractivity contribution is 5.70. The molecular weight excluding hydrogens is 355 g/mol. The molecule has 0 aliphatic heterocycles. The van der Waals surface area contributed by atoms with E-state index in [1.807, 2.05) is 6.92 Å². The number of aliphatic hydroxyl groups excluding tert-OH is 2. The number of fused-ring (bicyclic) bond motifs is 1. The first-order chi connectivity index (χ1) is 12.6. The lowest BCUT2D eigenvalue weighted by Crippen LogP contribution is -2.21. The molecule has 0 radical (unpaired) electrons. The Labute approximate surface area is 156 Å². The summed E-state index contributed by atoms with van der Waals surface area (Å²) in [5, 5.41) is 21.4. The fraction of sp³-hybridized carbons (Fsp3) is 0.381. The molecule has 0 fully saturated rings. The maximum atomic E-state index is 12.8. The van der Waals surface area contributed by atoms with Crippen LogP contribution in [-0.4, -0.2) is 15.2 Å². The van der Waals surface area contributed by atoms with Crippen molar-refractivity contribution >= 4 is 5.57 Å². The van der Waals surface area contributed by atoms with Crippen LogP contribution in [0.2, 0.25) is 0 Å². The number of halogens is 3. The molecule has 3 nitrogen and oxygen atoms in total. The molecule has 0 saturated carbocycles. The summed E-state index contributed by atoms with van der Waals surface area (Å²) < 4.78 is 38.3. The van der Waals surface area contributed by atoms with Crippen LogP contribution in [0.4, 0.5) is 13.2 Å². The van der Waals surface area contributed by atoms with E-state index < -0.39 is 23.9 Å². The number of alkyl halides is 3. The molecule has 144 valence electrons. The zero-order valence-corrected chi connectivity index (χ0v) is 15.2. The summed E-state index contributed by atoms with van der Waals surface area (Å²) in [7, 11) is 0. The molecule has 6 heteroatoms.